The van der Waals surface area contributed by atoms with Crippen molar-refractivity contribution in [2.75, 3.05) is 0 Å². The van der Waals surface area contributed by atoms with E-state index in [9.17, 15) is 0 Å². The zero-order valence-corrected chi connectivity index (χ0v) is 14.7. The van der Waals surface area contributed by atoms with Crippen LogP contribution in [0.2, 0.25) is 0 Å². The fourth-order valence-electron chi connectivity index (χ4n) is 4.02. The molecule has 0 radical (unpaired) electrons. The topological polar surface area (TPSA) is 0 Å². The van der Waals surface area contributed by atoms with Gasteiger partial charge in [0.15, 0.2) is 0 Å². The van der Waals surface area contributed by atoms with Crippen molar-refractivity contribution in [3.8, 4) is 0 Å². The van der Waals surface area contributed by atoms with Crippen LogP contribution in [0.1, 0.15) is 33.1 Å². The van der Waals surface area contributed by atoms with Crippen molar-refractivity contribution >= 4 is 45.2 Å². The Morgan fingerprint density at radius 2 is 2.06 bits per heavy atom. The molecule has 17 heavy (non-hydrogen) atoms. The number of rotatable bonds is 0. The van der Waals surface area contributed by atoms with Crippen LogP contribution in [-0.2, 0) is 0 Å². The van der Waals surface area contributed by atoms with Crippen molar-refractivity contribution < 1.29 is 0 Å². The first-order valence-electron chi connectivity index (χ1n) is 6.44. The Kier molecular flexibility index (Phi) is 3.26. The molecule has 0 saturated heterocycles. The number of hydrogen-bond donors (Lipinski definition) is 0. The number of fused-ring (bicyclic) bond motifs is 3. The molecule has 0 aromatic heterocycles. The normalized spacial score (nSPS) is 38.8. The average molecular weight is 452 g/mol. The molecule has 3 aliphatic carbocycles. The first kappa shape index (κ1) is 12.7. The molecule has 0 aromatic carbocycles. The van der Waals surface area contributed by atoms with Crippen molar-refractivity contribution in [3.63, 3.8) is 0 Å². The van der Waals surface area contributed by atoms with Gasteiger partial charge in [-0.05, 0) is 97.3 Å². The zero-order chi connectivity index (χ0) is 12.2. The van der Waals surface area contributed by atoms with Gasteiger partial charge in [0.05, 0.1) is 0 Å². The van der Waals surface area contributed by atoms with Crippen molar-refractivity contribution in [2.45, 2.75) is 33.1 Å². The molecule has 2 heteroatoms. The number of halogens is 2. The summed E-state index contributed by atoms with van der Waals surface area (Å²) in [6.45, 7) is 4.91. The molecular formula is C15H18I2. The van der Waals surface area contributed by atoms with E-state index in [0.717, 1.165) is 17.8 Å². The van der Waals surface area contributed by atoms with Crippen molar-refractivity contribution in [3.05, 3.63) is 31.0 Å². The molecule has 3 atom stereocenters. The smallest absolute Gasteiger partial charge is 0.00900 e. The van der Waals surface area contributed by atoms with E-state index in [1.54, 1.807) is 9.15 Å². The lowest BCUT2D eigenvalue weighted by atomic mass is 9.74. The zero-order valence-electron chi connectivity index (χ0n) is 10.3. The monoisotopic (exact) mass is 452 g/mol. The third-order valence-corrected chi connectivity index (χ3v) is 6.54. The second-order valence-corrected chi connectivity index (χ2v) is 8.73. The second kappa shape index (κ2) is 4.36. The van der Waals surface area contributed by atoms with Crippen LogP contribution in [0.25, 0.3) is 0 Å². The van der Waals surface area contributed by atoms with Gasteiger partial charge in [-0.3, -0.25) is 0 Å². The Morgan fingerprint density at radius 3 is 2.82 bits per heavy atom. The van der Waals surface area contributed by atoms with Gasteiger partial charge in [-0.25, -0.2) is 0 Å². The molecule has 1 saturated carbocycles. The molecule has 0 heterocycles. The van der Waals surface area contributed by atoms with E-state index in [1.807, 2.05) is 0 Å². The van der Waals surface area contributed by atoms with Crippen molar-refractivity contribution in [1.82, 2.24) is 0 Å². The van der Waals surface area contributed by atoms with E-state index in [4.69, 9.17) is 0 Å². The van der Waals surface area contributed by atoms with Crippen LogP contribution in [0.3, 0.4) is 0 Å². The highest BCUT2D eigenvalue weighted by atomic mass is 127. The summed E-state index contributed by atoms with van der Waals surface area (Å²) in [7, 11) is 0. The van der Waals surface area contributed by atoms with Crippen molar-refractivity contribution in [2.24, 2.45) is 23.2 Å². The lowest BCUT2D eigenvalue weighted by Crippen LogP contribution is -2.23. The summed E-state index contributed by atoms with van der Waals surface area (Å²) in [6, 6.07) is 0. The van der Waals surface area contributed by atoms with Crippen LogP contribution in [0.15, 0.2) is 31.0 Å². The summed E-state index contributed by atoms with van der Waals surface area (Å²) < 4.78 is 3.03. The second-order valence-electron chi connectivity index (χ2n) is 6.09. The van der Waals surface area contributed by atoms with E-state index in [2.05, 4.69) is 77.3 Å². The van der Waals surface area contributed by atoms with Crippen LogP contribution < -0.4 is 0 Å². The Morgan fingerprint density at radius 1 is 1.29 bits per heavy atom. The first-order valence-corrected chi connectivity index (χ1v) is 8.60. The van der Waals surface area contributed by atoms with Crippen LogP contribution in [0.4, 0.5) is 0 Å². The predicted molar refractivity (Wildman–Crippen MR) is 90.4 cm³/mol. The molecule has 0 spiro atoms. The third-order valence-electron chi connectivity index (χ3n) is 4.89. The summed E-state index contributed by atoms with van der Waals surface area (Å²) in [4.78, 5) is 0. The summed E-state index contributed by atoms with van der Waals surface area (Å²) in [5.74, 6) is 2.50. The lowest BCUT2D eigenvalue weighted by molar-refractivity contribution is 0.259. The maximum Gasteiger partial charge on any atom is 0.00900 e. The Hall–Kier alpha value is 0.680. The number of hydrogen-bond acceptors (Lipinski definition) is 0. The molecule has 0 aromatic rings. The molecule has 0 bridgehead atoms. The maximum absolute atomic E-state index is 2.57. The van der Waals surface area contributed by atoms with Gasteiger partial charge < -0.3 is 0 Å². The fraction of sp³-hybridized carbons (Fsp3) is 0.600. The van der Waals surface area contributed by atoms with Gasteiger partial charge in [0.1, 0.15) is 0 Å². The molecular weight excluding hydrogens is 434 g/mol. The number of allylic oxidation sites excluding steroid dienone is 6. The average Bonchev–Trinajstić information content (AvgIpc) is 2.49. The third kappa shape index (κ3) is 1.97. The Bertz CT molecular complexity index is 440. The predicted octanol–water partition coefficient (Wildman–Crippen LogP) is 5.64. The Labute approximate surface area is 131 Å². The van der Waals surface area contributed by atoms with E-state index in [-0.39, 0.29) is 0 Å². The largest absolute Gasteiger partial charge is 0.0710 e. The summed E-state index contributed by atoms with van der Waals surface area (Å²) >= 11 is 5.01. The minimum atomic E-state index is 0.372. The summed E-state index contributed by atoms with van der Waals surface area (Å²) in [5, 5.41) is 0. The molecule has 2 unspecified atom stereocenters. The van der Waals surface area contributed by atoms with E-state index >= 15 is 0 Å². The molecule has 92 valence electrons. The van der Waals surface area contributed by atoms with Crippen LogP contribution in [0.5, 0.6) is 0 Å². The Balaban J connectivity index is 2.06. The SMILES string of the molecule is CC1(C)C2=CC(I)=CC[C@@H]2C2CCC(I)=CC21. The van der Waals surface area contributed by atoms with Gasteiger partial charge in [-0.2, -0.15) is 0 Å². The van der Waals surface area contributed by atoms with Gasteiger partial charge in [0.25, 0.3) is 0 Å². The lowest BCUT2D eigenvalue weighted by Gasteiger charge is -2.32. The van der Waals surface area contributed by atoms with Gasteiger partial charge >= 0.3 is 0 Å². The highest BCUT2D eigenvalue weighted by molar-refractivity contribution is 14.1. The molecule has 0 N–H and O–H groups in total. The molecule has 0 aliphatic heterocycles. The summed E-state index contributed by atoms with van der Waals surface area (Å²) in [5.41, 5.74) is 2.10. The molecule has 3 rings (SSSR count). The standard InChI is InChI=1S/C15H18I2/c1-15(2)13-7-9(16)3-5-11(13)12-6-4-10(17)8-14(12)15/h3,7-8,11-12,14H,4-6H2,1-2H3/t11-,12?,14?/m1/s1. The highest BCUT2D eigenvalue weighted by Gasteiger charge is 2.51. The van der Waals surface area contributed by atoms with E-state index in [0.29, 0.717) is 5.41 Å². The minimum Gasteiger partial charge on any atom is -0.0710 e. The van der Waals surface area contributed by atoms with E-state index in [1.165, 1.54) is 22.8 Å². The van der Waals surface area contributed by atoms with Crippen molar-refractivity contribution in [1.29, 1.82) is 0 Å². The summed E-state index contributed by atoms with van der Waals surface area (Å²) in [6.07, 6.45) is 11.4. The van der Waals surface area contributed by atoms with Crippen LogP contribution >= 0.6 is 45.2 Å². The highest BCUT2D eigenvalue weighted by Crippen LogP contribution is 2.60. The van der Waals surface area contributed by atoms with Crippen LogP contribution in [-0.4, -0.2) is 0 Å². The van der Waals surface area contributed by atoms with Gasteiger partial charge in [0, 0.05) is 3.58 Å². The molecule has 0 amide bonds. The van der Waals surface area contributed by atoms with Crippen LogP contribution in [0, 0.1) is 23.2 Å². The first-order chi connectivity index (χ1) is 8.00. The minimum absolute atomic E-state index is 0.372. The van der Waals surface area contributed by atoms with Gasteiger partial charge in [-0.1, -0.05) is 31.6 Å². The quantitative estimate of drug-likeness (QED) is 0.418. The molecule has 1 fully saturated rings. The van der Waals surface area contributed by atoms with E-state index < -0.39 is 0 Å². The fourth-order valence-corrected chi connectivity index (χ4v) is 5.31. The maximum atomic E-state index is 2.57. The van der Waals surface area contributed by atoms with Gasteiger partial charge in [0.2, 0.25) is 0 Å². The van der Waals surface area contributed by atoms with Gasteiger partial charge in [-0.15, -0.1) is 0 Å². The molecule has 3 aliphatic rings. The molecule has 0 nitrogen and oxygen atoms in total.